The molecule has 0 aliphatic heterocycles. The Balaban J connectivity index is 2.75. The van der Waals surface area contributed by atoms with Gasteiger partial charge in [-0.05, 0) is 0 Å². The third kappa shape index (κ3) is 3.64. The second-order valence-corrected chi connectivity index (χ2v) is 2.94. The number of carbonyl (C=O) groups is 2. The van der Waals surface area contributed by atoms with E-state index in [2.05, 4.69) is 0 Å². The van der Waals surface area contributed by atoms with Crippen LogP contribution in [-0.4, -0.2) is 22.0 Å². The van der Waals surface area contributed by atoms with Crippen molar-refractivity contribution >= 4 is 11.8 Å². The summed E-state index contributed by atoms with van der Waals surface area (Å²) < 4.78 is 0. The first-order chi connectivity index (χ1) is 7.09. The molecule has 15 heavy (non-hydrogen) atoms. The molecule has 78 valence electrons. The first-order valence-corrected chi connectivity index (χ1v) is 4.30. The second-order valence-electron chi connectivity index (χ2n) is 2.94. The highest BCUT2D eigenvalue weighted by atomic mass is 16.4. The quantitative estimate of drug-likeness (QED) is 0.447. The maximum atomic E-state index is 11.4. The zero-order valence-electron chi connectivity index (χ0n) is 7.88. The molecular formula is C11H10O4. The Labute approximate surface area is 86.5 Å². The van der Waals surface area contributed by atoms with Crippen LogP contribution in [0.4, 0.5) is 0 Å². The lowest BCUT2D eigenvalue weighted by molar-refractivity contribution is -0.136. The zero-order chi connectivity index (χ0) is 11.3. The molecule has 0 amide bonds. The highest BCUT2D eigenvalue weighted by Gasteiger charge is 2.06. The van der Waals surface area contributed by atoms with Crippen LogP contribution in [0.5, 0.6) is 0 Å². The minimum absolute atomic E-state index is 0.408. The van der Waals surface area contributed by atoms with Gasteiger partial charge >= 0.3 is 5.97 Å². The van der Waals surface area contributed by atoms with Gasteiger partial charge in [-0.25, -0.2) is 0 Å². The molecule has 0 radical (unpaired) electrons. The van der Waals surface area contributed by atoms with E-state index in [1.54, 1.807) is 30.3 Å². The van der Waals surface area contributed by atoms with Crippen LogP contribution in [0, 0.1) is 0 Å². The van der Waals surface area contributed by atoms with Gasteiger partial charge in [0.15, 0.2) is 5.78 Å². The Morgan fingerprint density at radius 3 is 2.27 bits per heavy atom. The fourth-order valence-electron chi connectivity index (χ4n) is 1.04. The van der Waals surface area contributed by atoms with Gasteiger partial charge in [-0.3, -0.25) is 9.59 Å². The molecule has 0 spiro atoms. The van der Waals surface area contributed by atoms with Gasteiger partial charge in [0.25, 0.3) is 0 Å². The number of carboxylic acid groups (broad SMARTS) is 1. The molecule has 1 rings (SSSR count). The Morgan fingerprint density at radius 1 is 1.13 bits per heavy atom. The van der Waals surface area contributed by atoms with Crippen molar-refractivity contribution in [2.75, 3.05) is 0 Å². The average Bonchev–Trinajstić information content (AvgIpc) is 2.17. The third-order valence-corrected chi connectivity index (χ3v) is 1.69. The van der Waals surface area contributed by atoms with Crippen molar-refractivity contribution < 1.29 is 19.8 Å². The summed E-state index contributed by atoms with van der Waals surface area (Å²) in [5.41, 5.74) is 0.412. The Hall–Kier alpha value is -2.10. The largest absolute Gasteiger partial charge is 0.512 e. The minimum atomic E-state index is -1.18. The maximum Gasteiger partial charge on any atom is 0.311 e. The smallest absolute Gasteiger partial charge is 0.311 e. The summed E-state index contributed by atoms with van der Waals surface area (Å²) in [6.07, 6.45) is 0.377. The van der Waals surface area contributed by atoms with Crippen molar-refractivity contribution in [1.82, 2.24) is 0 Å². The van der Waals surface area contributed by atoms with Crippen LogP contribution in [0.25, 0.3) is 0 Å². The molecule has 0 aliphatic carbocycles. The molecule has 0 heterocycles. The summed E-state index contributed by atoms with van der Waals surface area (Å²) in [7, 11) is 0. The van der Waals surface area contributed by atoms with Crippen molar-refractivity contribution in [3.8, 4) is 0 Å². The van der Waals surface area contributed by atoms with Crippen molar-refractivity contribution in [3.05, 3.63) is 47.7 Å². The maximum absolute atomic E-state index is 11.4. The van der Waals surface area contributed by atoms with Crippen molar-refractivity contribution in [2.45, 2.75) is 6.42 Å². The van der Waals surface area contributed by atoms with E-state index in [0.717, 1.165) is 6.08 Å². The van der Waals surface area contributed by atoms with Crippen LogP contribution < -0.4 is 0 Å². The molecule has 0 saturated heterocycles. The van der Waals surface area contributed by atoms with Gasteiger partial charge in [-0.15, -0.1) is 0 Å². The predicted molar refractivity (Wildman–Crippen MR) is 53.7 cm³/mol. The van der Waals surface area contributed by atoms with Crippen LogP contribution in [0.3, 0.4) is 0 Å². The molecule has 2 N–H and O–H groups in total. The van der Waals surface area contributed by atoms with Crippen LogP contribution in [0.1, 0.15) is 16.8 Å². The van der Waals surface area contributed by atoms with E-state index in [1.807, 2.05) is 0 Å². The van der Waals surface area contributed by atoms with E-state index in [-0.39, 0.29) is 0 Å². The van der Waals surface area contributed by atoms with Gasteiger partial charge in [0.1, 0.15) is 12.2 Å². The number of carboxylic acids is 1. The number of hydrogen-bond acceptors (Lipinski definition) is 3. The highest BCUT2D eigenvalue weighted by Crippen LogP contribution is 2.04. The molecule has 0 atom stereocenters. The van der Waals surface area contributed by atoms with Gasteiger partial charge < -0.3 is 10.2 Å². The number of aliphatic hydroxyl groups excluding tert-OH is 1. The Morgan fingerprint density at radius 2 is 1.73 bits per heavy atom. The van der Waals surface area contributed by atoms with Gasteiger partial charge in [-0.2, -0.15) is 0 Å². The van der Waals surface area contributed by atoms with E-state index in [4.69, 9.17) is 10.2 Å². The number of allylic oxidation sites excluding steroid dienone is 1. The molecule has 0 aliphatic rings. The molecular weight excluding hydrogens is 196 g/mol. The summed E-state index contributed by atoms with van der Waals surface area (Å²) in [6.45, 7) is 0. The summed E-state index contributed by atoms with van der Waals surface area (Å²) in [5.74, 6) is -2.03. The lowest BCUT2D eigenvalue weighted by Crippen LogP contribution is -2.00. The molecule has 0 unspecified atom stereocenters. The number of hydrogen-bond donors (Lipinski definition) is 2. The predicted octanol–water partition coefficient (Wildman–Crippen LogP) is 1.79. The van der Waals surface area contributed by atoms with E-state index < -0.39 is 23.9 Å². The SMILES string of the molecule is O=C(O)CC(O)=CC(=O)c1ccccc1. The summed E-state index contributed by atoms with van der Waals surface area (Å²) in [6, 6.07) is 8.32. The van der Waals surface area contributed by atoms with E-state index in [9.17, 15) is 9.59 Å². The minimum Gasteiger partial charge on any atom is -0.512 e. The first-order valence-electron chi connectivity index (χ1n) is 4.30. The molecule has 0 aromatic heterocycles. The molecule has 4 heteroatoms. The Bertz CT molecular complexity index is 392. The number of benzene rings is 1. The normalized spacial score (nSPS) is 11.1. The molecule has 4 nitrogen and oxygen atoms in total. The van der Waals surface area contributed by atoms with Crippen molar-refractivity contribution in [1.29, 1.82) is 0 Å². The lowest BCUT2D eigenvalue weighted by Gasteiger charge is -1.96. The van der Waals surface area contributed by atoms with Crippen molar-refractivity contribution in [3.63, 3.8) is 0 Å². The van der Waals surface area contributed by atoms with Gasteiger partial charge in [-0.1, -0.05) is 30.3 Å². The molecule has 0 fully saturated rings. The van der Waals surface area contributed by atoms with E-state index in [1.165, 1.54) is 0 Å². The summed E-state index contributed by atoms with van der Waals surface area (Å²) in [5, 5.41) is 17.5. The third-order valence-electron chi connectivity index (χ3n) is 1.69. The number of ketones is 1. The first kappa shape index (κ1) is 11.0. The summed E-state index contributed by atoms with van der Waals surface area (Å²) >= 11 is 0. The second kappa shape index (κ2) is 4.95. The zero-order valence-corrected chi connectivity index (χ0v) is 7.88. The lowest BCUT2D eigenvalue weighted by atomic mass is 10.1. The van der Waals surface area contributed by atoms with Crippen LogP contribution in [0.2, 0.25) is 0 Å². The number of aliphatic carboxylic acids is 1. The Kier molecular flexibility index (Phi) is 3.62. The highest BCUT2D eigenvalue weighted by molar-refractivity contribution is 6.04. The topological polar surface area (TPSA) is 74.6 Å². The van der Waals surface area contributed by atoms with Gasteiger partial charge in [0.2, 0.25) is 0 Å². The van der Waals surface area contributed by atoms with Gasteiger partial charge in [0.05, 0.1) is 0 Å². The monoisotopic (exact) mass is 206 g/mol. The fourth-order valence-corrected chi connectivity index (χ4v) is 1.04. The average molecular weight is 206 g/mol. The number of rotatable bonds is 4. The fraction of sp³-hybridized carbons (Fsp3) is 0.0909. The summed E-state index contributed by atoms with van der Waals surface area (Å²) in [4.78, 5) is 21.6. The standard InChI is InChI=1S/C11H10O4/c12-9(7-11(14)15)6-10(13)8-4-2-1-3-5-8/h1-6,12H,7H2,(H,14,15). The van der Waals surface area contributed by atoms with Crippen molar-refractivity contribution in [2.24, 2.45) is 0 Å². The van der Waals surface area contributed by atoms with Crippen LogP contribution in [0.15, 0.2) is 42.2 Å². The number of aliphatic hydroxyl groups is 1. The number of carbonyl (C=O) groups excluding carboxylic acids is 1. The van der Waals surface area contributed by atoms with Crippen LogP contribution in [-0.2, 0) is 4.79 Å². The van der Waals surface area contributed by atoms with Gasteiger partial charge in [0, 0.05) is 11.6 Å². The molecule has 0 bridgehead atoms. The molecule has 0 saturated carbocycles. The van der Waals surface area contributed by atoms with E-state index >= 15 is 0 Å². The van der Waals surface area contributed by atoms with Crippen LogP contribution >= 0.6 is 0 Å². The molecule has 1 aromatic carbocycles. The van der Waals surface area contributed by atoms with E-state index in [0.29, 0.717) is 5.56 Å². The molecule has 1 aromatic rings.